The van der Waals surface area contributed by atoms with E-state index in [9.17, 15) is 14.7 Å². The zero-order valence-electron chi connectivity index (χ0n) is 23.2. The largest absolute Gasteiger partial charge is 0.507 e. The number of fused-ring (bicyclic) bond motifs is 1. The molecule has 0 bridgehead atoms. The third-order valence-electron chi connectivity index (χ3n) is 7.40. The maximum Gasteiger partial charge on any atom is 0.295 e. The first-order valence-electron chi connectivity index (χ1n) is 13.8. The molecule has 1 saturated heterocycles. The number of hydrogen-bond donors (Lipinski definition) is 1. The van der Waals surface area contributed by atoms with Crippen LogP contribution in [0.2, 0.25) is 0 Å². The number of carbonyl (C=O) groups excluding carboxylic acids is 2. The molecule has 2 aliphatic heterocycles. The van der Waals surface area contributed by atoms with Crippen LogP contribution < -0.4 is 9.47 Å². The third kappa shape index (κ3) is 5.88. The molecular weight excluding hydrogens is 480 g/mol. The monoisotopic (exact) mass is 520 g/mol. The Morgan fingerprint density at radius 1 is 1.16 bits per heavy atom. The lowest BCUT2D eigenvalue weighted by Crippen LogP contribution is -2.38. The number of aliphatic hydroxyl groups excluding tert-OH is 1. The summed E-state index contributed by atoms with van der Waals surface area (Å²) in [4.78, 5) is 30.6. The van der Waals surface area contributed by atoms with Crippen molar-refractivity contribution in [2.45, 2.75) is 59.6 Å². The number of Topliss-reactive ketones (excluding diaryl/α,β-unsaturated/α-hetero) is 1. The molecular formula is C31H40N2O5. The van der Waals surface area contributed by atoms with E-state index in [0.29, 0.717) is 36.9 Å². The molecule has 2 atom stereocenters. The van der Waals surface area contributed by atoms with Crippen LogP contribution in [0, 0.1) is 5.92 Å². The fourth-order valence-electron chi connectivity index (χ4n) is 5.16. The lowest BCUT2D eigenvalue weighted by molar-refractivity contribution is -0.140. The van der Waals surface area contributed by atoms with E-state index < -0.39 is 17.7 Å². The molecule has 2 heterocycles. The standard InChI is InChI=1S/C31H40N2O5/c1-6-32(7-2)14-15-33-28(22-9-8-10-25(19-22)37-16-13-20(3)4)27(30(35)31(33)36)29(34)23-11-12-26-24(18-23)17-21(5)38-26/h8-12,18-21,28,34H,6-7,13-17H2,1-5H3/t21-,28-/m0/s1. The minimum Gasteiger partial charge on any atom is -0.507 e. The normalized spacial score (nSPS) is 20.3. The second-order valence-corrected chi connectivity index (χ2v) is 10.6. The zero-order valence-corrected chi connectivity index (χ0v) is 23.2. The minimum atomic E-state index is -0.706. The molecule has 7 nitrogen and oxygen atoms in total. The van der Waals surface area contributed by atoms with Crippen LogP contribution in [0.3, 0.4) is 0 Å². The van der Waals surface area contributed by atoms with Gasteiger partial charge in [0.1, 0.15) is 23.4 Å². The van der Waals surface area contributed by atoms with E-state index in [1.54, 1.807) is 11.0 Å². The van der Waals surface area contributed by atoms with Crippen molar-refractivity contribution in [2.75, 3.05) is 32.8 Å². The average Bonchev–Trinajstić information content (AvgIpc) is 3.39. The molecule has 1 fully saturated rings. The van der Waals surface area contributed by atoms with Gasteiger partial charge in [-0.15, -0.1) is 0 Å². The topological polar surface area (TPSA) is 79.3 Å². The number of ether oxygens (including phenoxy) is 2. The van der Waals surface area contributed by atoms with E-state index in [-0.39, 0.29) is 17.4 Å². The van der Waals surface area contributed by atoms with Crippen LogP contribution in [0.25, 0.3) is 5.76 Å². The summed E-state index contributed by atoms with van der Waals surface area (Å²) >= 11 is 0. The lowest BCUT2D eigenvalue weighted by Gasteiger charge is -2.28. The molecule has 2 aliphatic rings. The Morgan fingerprint density at radius 3 is 2.63 bits per heavy atom. The first-order valence-corrected chi connectivity index (χ1v) is 13.8. The predicted molar refractivity (Wildman–Crippen MR) is 148 cm³/mol. The highest BCUT2D eigenvalue weighted by Gasteiger charge is 2.46. The van der Waals surface area contributed by atoms with Crippen molar-refractivity contribution in [3.05, 3.63) is 64.7 Å². The van der Waals surface area contributed by atoms with Gasteiger partial charge in [-0.2, -0.15) is 0 Å². The van der Waals surface area contributed by atoms with Gasteiger partial charge in [0, 0.05) is 25.1 Å². The van der Waals surface area contributed by atoms with Gasteiger partial charge in [-0.05, 0) is 73.8 Å². The number of likely N-dealkylation sites (tertiary alicyclic amines) is 1. The molecule has 2 aromatic rings. The number of hydrogen-bond acceptors (Lipinski definition) is 6. The van der Waals surface area contributed by atoms with Gasteiger partial charge < -0.3 is 24.4 Å². The summed E-state index contributed by atoms with van der Waals surface area (Å²) in [6.07, 6.45) is 1.72. The summed E-state index contributed by atoms with van der Waals surface area (Å²) in [5.41, 5.74) is 2.35. The SMILES string of the molecule is CCN(CC)CCN1C(=O)C(=O)C(=C(O)c2ccc3c(c2)C[C@H](C)O3)[C@@H]1c1cccc(OCCC(C)C)c1. The van der Waals surface area contributed by atoms with Crippen molar-refractivity contribution in [3.63, 3.8) is 0 Å². The van der Waals surface area contributed by atoms with E-state index >= 15 is 0 Å². The Labute approximate surface area is 226 Å². The summed E-state index contributed by atoms with van der Waals surface area (Å²) < 4.78 is 11.8. The first-order chi connectivity index (χ1) is 18.2. The highest BCUT2D eigenvalue weighted by molar-refractivity contribution is 6.46. The number of nitrogens with zero attached hydrogens (tertiary/aromatic N) is 2. The third-order valence-corrected chi connectivity index (χ3v) is 7.40. The quantitative estimate of drug-likeness (QED) is 0.249. The summed E-state index contributed by atoms with van der Waals surface area (Å²) in [5, 5.41) is 11.5. The molecule has 1 amide bonds. The van der Waals surface area contributed by atoms with Gasteiger partial charge in [0.25, 0.3) is 11.7 Å². The van der Waals surface area contributed by atoms with E-state index in [1.807, 2.05) is 43.3 Å². The number of likely N-dealkylation sites (N-methyl/N-ethyl adjacent to an activating group) is 1. The Balaban J connectivity index is 1.74. The molecule has 4 rings (SSSR count). The molecule has 2 aromatic carbocycles. The first kappa shape index (κ1) is 27.7. The highest BCUT2D eigenvalue weighted by atomic mass is 16.5. The second-order valence-electron chi connectivity index (χ2n) is 10.6. The fraction of sp³-hybridized carbons (Fsp3) is 0.484. The van der Waals surface area contributed by atoms with Crippen molar-refractivity contribution in [1.29, 1.82) is 0 Å². The van der Waals surface area contributed by atoms with Gasteiger partial charge in [0.15, 0.2) is 0 Å². The summed E-state index contributed by atoms with van der Waals surface area (Å²) in [5.74, 6) is 0.576. The molecule has 0 radical (unpaired) electrons. The van der Waals surface area contributed by atoms with Gasteiger partial charge in [0.2, 0.25) is 0 Å². The summed E-state index contributed by atoms with van der Waals surface area (Å²) in [6.45, 7) is 13.7. The van der Waals surface area contributed by atoms with Crippen molar-refractivity contribution in [2.24, 2.45) is 5.92 Å². The average molecular weight is 521 g/mol. The van der Waals surface area contributed by atoms with Crippen LogP contribution in [0.5, 0.6) is 11.5 Å². The van der Waals surface area contributed by atoms with Gasteiger partial charge in [-0.25, -0.2) is 0 Å². The van der Waals surface area contributed by atoms with E-state index in [4.69, 9.17) is 9.47 Å². The Kier molecular flexibility index (Phi) is 8.77. The van der Waals surface area contributed by atoms with Crippen molar-refractivity contribution < 1.29 is 24.2 Å². The molecule has 38 heavy (non-hydrogen) atoms. The molecule has 0 aromatic heterocycles. The van der Waals surface area contributed by atoms with Crippen LogP contribution in [0.15, 0.2) is 48.0 Å². The molecule has 204 valence electrons. The van der Waals surface area contributed by atoms with Crippen LogP contribution in [-0.4, -0.2) is 65.5 Å². The number of aliphatic hydroxyl groups is 1. The number of amides is 1. The van der Waals surface area contributed by atoms with E-state index in [2.05, 4.69) is 32.6 Å². The maximum absolute atomic E-state index is 13.4. The van der Waals surface area contributed by atoms with Crippen LogP contribution in [-0.2, 0) is 16.0 Å². The predicted octanol–water partition coefficient (Wildman–Crippen LogP) is 5.20. The minimum absolute atomic E-state index is 0.0616. The molecule has 7 heteroatoms. The van der Waals surface area contributed by atoms with Crippen molar-refractivity contribution >= 4 is 17.4 Å². The maximum atomic E-state index is 13.4. The summed E-state index contributed by atoms with van der Waals surface area (Å²) in [7, 11) is 0. The molecule has 0 unspecified atom stereocenters. The Morgan fingerprint density at radius 2 is 1.92 bits per heavy atom. The van der Waals surface area contributed by atoms with Gasteiger partial charge in [0.05, 0.1) is 18.2 Å². The number of benzene rings is 2. The lowest BCUT2D eigenvalue weighted by atomic mass is 9.94. The van der Waals surface area contributed by atoms with Gasteiger partial charge >= 0.3 is 0 Å². The van der Waals surface area contributed by atoms with Crippen LogP contribution in [0.4, 0.5) is 0 Å². The second kappa shape index (κ2) is 12.0. The highest BCUT2D eigenvalue weighted by Crippen LogP contribution is 2.41. The molecule has 1 N–H and O–H groups in total. The van der Waals surface area contributed by atoms with Crippen molar-refractivity contribution in [1.82, 2.24) is 9.80 Å². The number of carbonyl (C=O) groups is 2. The fourth-order valence-corrected chi connectivity index (χ4v) is 5.16. The molecule has 0 saturated carbocycles. The van der Waals surface area contributed by atoms with Crippen molar-refractivity contribution in [3.8, 4) is 11.5 Å². The van der Waals surface area contributed by atoms with Gasteiger partial charge in [-0.3, -0.25) is 9.59 Å². The van der Waals surface area contributed by atoms with Gasteiger partial charge in [-0.1, -0.05) is 39.8 Å². The Hall–Kier alpha value is -3.32. The van der Waals surface area contributed by atoms with Crippen LogP contribution in [0.1, 0.15) is 63.8 Å². The van der Waals surface area contributed by atoms with Crippen LogP contribution >= 0.6 is 0 Å². The zero-order chi connectivity index (χ0) is 27.4. The Bertz CT molecular complexity index is 1200. The molecule has 0 aliphatic carbocycles. The smallest absolute Gasteiger partial charge is 0.295 e. The van der Waals surface area contributed by atoms with E-state index in [1.165, 1.54) is 0 Å². The van der Waals surface area contributed by atoms with E-state index in [0.717, 1.165) is 42.8 Å². The number of rotatable bonds is 11. The molecule has 0 spiro atoms. The number of ketones is 1. The summed E-state index contributed by atoms with van der Waals surface area (Å²) in [6, 6.07) is 12.3.